The van der Waals surface area contributed by atoms with Crippen molar-refractivity contribution in [3.05, 3.63) is 24.0 Å². The number of halogens is 1. The first kappa shape index (κ1) is 17.3. The molecule has 0 aromatic carbocycles. The Labute approximate surface area is 152 Å². The number of rotatable bonds is 5. The van der Waals surface area contributed by atoms with Gasteiger partial charge in [-0.15, -0.1) is 0 Å². The van der Waals surface area contributed by atoms with E-state index in [1.165, 1.54) is 12.6 Å². The maximum Gasteiger partial charge on any atom is 0.236 e. The van der Waals surface area contributed by atoms with Gasteiger partial charge in [-0.05, 0) is 50.7 Å². The topological polar surface area (TPSA) is 86.2 Å². The maximum absolute atomic E-state index is 13.2. The van der Waals surface area contributed by atoms with E-state index >= 15 is 0 Å². The third-order valence-electron chi connectivity index (χ3n) is 5.48. The molecule has 3 unspecified atom stereocenters. The van der Waals surface area contributed by atoms with Gasteiger partial charge in [0.15, 0.2) is 11.6 Å². The van der Waals surface area contributed by atoms with Crippen molar-refractivity contribution in [3.63, 3.8) is 0 Å². The number of aromatic nitrogens is 3. The fraction of sp³-hybridized carbons (Fsp3) is 0.579. The highest BCUT2D eigenvalue weighted by molar-refractivity contribution is 5.64. The minimum atomic E-state index is -1.46. The fourth-order valence-electron chi connectivity index (χ4n) is 4.33. The van der Waals surface area contributed by atoms with Crippen LogP contribution in [0.4, 0.5) is 10.2 Å². The highest BCUT2D eigenvalue weighted by Gasteiger charge is 2.57. The molecule has 2 aliphatic rings. The van der Waals surface area contributed by atoms with Crippen LogP contribution < -0.4 is 10.5 Å². The largest absolute Gasteiger partial charge is 0.457 e. The van der Waals surface area contributed by atoms with Gasteiger partial charge in [-0.3, -0.25) is 4.68 Å². The number of fused-ring (bicyclic) bond motifs is 1. The minimum Gasteiger partial charge on any atom is -0.457 e. The number of pyridine rings is 1. The summed E-state index contributed by atoms with van der Waals surface area (Å²) in [5.41, 5.74) is 8.52. The third kappa shape index (κ3) is 2.94. The Morgan fingerprint density at radius 3 is 2.58 bits per heavy atom. The van der Waals surface area contributed by atoms with Crippen LogP contribution in [0, 0.1) is 11.8 Å². The van der Waals surface area contributed by atoms with Crippen LogP contribution in [0.15, 0.2) is 18.3 Å². The summed E-state index contributed by atoms with van der Waals surface area (Å²) in [6, 6.07) is 4.01. The molecule has 0 saturated heterocycles. The van der Waals surface area contributed by atoms with Gasteiger partial charge in [0.2, 0.25) is 6.36 Å². The normalized spacial score (nSPS) is 28.2. The number of nitrogen functional groups attached to an aromatic ring is 1. The summed E-state index contributed by atoms with van der Waals surface area (Å²) in [5.74, 6) is 1.97. The second-order valence-electron chi connectivity index (χ2n) is 7.74. The van der Waals surface area contributed by atoms with Gasteiger partial charge in [-0.1, -0.05) is 0 Å². The van der Waals surface area contributed by atoms with E-state index in [4.69, 9.17) is 15.6 Å². The van der Waals surface area contributed by atoms with Gasteiger partial charge in [-0.2, -0.15) is 5.10 Å². The van der Waals surface area contributed by atoms with Gasteiger partial charge in [0.1, 0.15) is 0 Å². The van der Waals surface area contributed by atoms with Crippen LogP contribution in [0.25, 0.3) is 11.3 Å². The first-order valence-electron chi connectivity index (χ1n) is 9.19. The summed E-state index contributed by atoms with van der Waals surface area (Å²) in [5, 5.41) is 14.6. The lowest BCUT2D eigenvalue weighted by molar-refractivity contribution is 0.0866. The monoisotopic (exact) mass is 360 g/mol. The molecule has 4 rings (SSSR count). The lowest BCUT2D eigenvalue weighted by Gasteiger charge is -2.13. The van der Waals surface area contributed by atoms with Crippen LogP contribution in [-0.4, -0.2) is 32.3 Å². The van der Waals surface area contributed by atoms with Gasteiger partial charge in [-0.25, -0.2) is 9.37 Å². The number of ether oxygens (including phenoxy) is 1. The molecule has 2 aromatic heterocycles. The zero-order valence-corrected chi connectivity index (χ0v) is 15.3. The van der Waals surface area contributed by atoms with Crippen LogP contribution in [-0.2, 0) is 0 Å². The number of alkyl halides is 1. The Balaban J connectivity index is 1.67. The Kier molecular flexibility index (Phi) is 4.14. The molecule has 0 radical (unpaired) electrons. The van der Waals surface area contributed by atoms with Crippen molar-refractivity contribution in [2.75, 3.05) is 5.73 Å². The molecule has 6 nitrogen and oxygen atoms in total. The maximum atomic E-state index is 13.2. The number of aliphatic hydroxyl groups is 1. The zero-order valence-electron chi connectivity index (χ0n) is 15.3. The average molecular weight is 360 g/mol. The van der Waals surface area contributed by atoms with Crippen molar-refractivity contribution < 1.29 is 14.2 Å². The van der Waals surface area contributed by atoms with Gasteiger partial charge in [0.25, 0.3) is 0 Å². The molecule has 2 heterocycles. The summed E-state index contributed by atoms with van der Waals surface area (Å²) in [6.07, 6.45) is 1.78. The van der Waals surface area contributed by atoms with E-state index in [2.05, 4.69) is 29.6 Å². The molecule has 140 valence electrons. The molecule has 3 N–H and O–H groups in total. The number of nitrogens with zero attached hydrogens (tertiary/aromatic N) is 3. The van der Waals surface area contributed by atoms with Crippen LogP contribution in [0.1, 0.15) is 51.3 Å². The summed E-state index contributed by atoms with van der Waals surface area (Å²) in [4.78, 5) is 4.12. The number of aliphatic hydroxyl groups excluding tert-OH is 1. The van der Waals surface area contributed by atoms with E-state index < -0.39 is 6.36 Å². The van der Waals surface area contributed by atoms with Gasteiger partial charge < -0.3 is 15.6 Å². The standard InChI is InChI=1S/C19H25FN4O2/c1-9(2)24-16(18-13-5-12(25)6-14(13)18)7-15(23-24)11-4-17(26-10(3)20)19(21)22-8-11/h4,7-10,12-14,18,25H,5-6H2,1-3H3,(H2,21,22)/t10?,12?,13-,14+,18?. The Morgan fingerprint density at radius 1 is 1.27 bits per heavy atom. The zero-order chi connectivity index (χ0) is 18.6. The van der Waals surface area contributed by atoms with Crippen molar-refractivity contribution in [2.24, 2.45) is 11.8 Å². The lowest BCUT2D eigenvalue weighted by atomic mass is 10.1. The summed E-state index contributed by atoms with van der Waals surface area (Å²) >= 11 is 0. The molecule has 0 aliphatic heterocycles. The molecule has 2 aliphatic carbocycles. The number of anilines is 1. The van der Waals surface area contributed by atoms with E-state index in [0.717, 1.165) is 24.1 Å². The van der Waals surface area contributed by atoms with E-state index in [1.807, 2.05) is 0 Å². The van der Waals surface area contributed by atoms with Gasteiger partial charge >= 0.3 is 0 Å². The fourth-order valence-corrected chi connectivity index (χ4v) is 4.33. The van der Waals surface area contributed by atoms with Gasteiger partial charge in [0.05, 0.1) is 11.8 Å². The first-order valence-corrected chi connectivity index (χ1v) is 9.19. The van der Waals surface area contributed by atoms with E-state index in [9.17, 15) is 9.50 Å². The molecule has 0 spiro atoms. The molecule has 7 heteroatoms. The molecule has 26 heavy (non-hydrogen) atoms. The molecule has 0 amide bonds. The van der Waals surface area contributed by atoms with Crippen molar-refractivity contribution in [1.82, 2.24) is 14.8 Å². The van der Waals surface area contributed by atoms with Crippen molar-refractivity contribution >= 4 is 5.82 Å². The molecule has 2 saturated carbocycles. The highest BCUT2D eigenvalue weighted by Crippen LogP contribution is 2.63. The average Bonchev–Trinajstić information content (AvgIpc) is 2.94. The lowest BCUT2D eigenvalue weighted by Crippen LogP contribution is -2.10. The second-order valence-corrected chi connectivity index (χ2v) is 7.74. The second kappa shape index (κ2) is 6.23. The van der Waals surface area contributed by atoms with E-state index in [1.54, 1.807) is 12.3 Å². The quantitative estimate of drug-likeness (QED) is 0.854. The molecular formula is C19H25FN4O2. The first-order chi connectivity index (χ1) is 12.3. The van der Waals surface area contributed by atoms with Crippen molar-refractivity contribution in [3.8, 4) is 17.0 Å². The van der Waals surface area contributed by atoms with Crippen LogP contribution in [0.5, 0.6) is 5.75 Å². The molecule has 5 atom stereocenters. The Hall–Kier alpha value is -2.15. The highest BCUT2D eigenvalue weighted by atomic mass is 19.1. The van der Waals surface area contributed by atoms with Crippen molar-refractivity contribution in [1.29, 1.82) is 0 Å². The smallest absolute Gasteiger partial charge is 0.236 e. The molecule has 2 fully saturated rings. The van der Waals surface area contributed by atoms with Crippen molar-refractivity contribution in [2.45, 2.75) is 58.0 Å². The van der Waals surface area contributed by atoms with Crippen LogP contribution >= 0.6 is 0 Å². The summed E-state index contributed by atoms with van der Waals surface area (Å²) in [7, 11) is 0. The summed E-state index contributed by atoms with van der Waals surface area (Å²) in [6.45, 7) is 5.51. The molecular weight excluding hydrogens is 335 g/mol. The predicted octanol–water partition coefficient (Wildman–Crippen LogP) is 3.29. The van der Waals surface area contributed by atoms with E-state index in [0.29, 0.717) is 17.8 Å². The SMILES string of the molecule is CC(F)Oc1cc(-c2cc(C3[C@H]4CC(O)C[C@@H]34)n(C(C)C)n2)cnc1N. The number of hydrogen-bond donors (Lipinski definition) is 2. The minimum absolute atomic E-state index is 0.153. The van der Waals surface area contributed by atoms with E-state index in [-0.39, 0.29) is 23.7 Å². The number of nitrogens with two attached hydrogens (primary N) is 1. The van der Waals surface area contributed by atoms with Crippen LogP contribution in [0.2, 0.25) is 0 Å². The van der Waals surface area contributed by atoms with Gasteiger partial charge in [0, 0.05) is 36.3 Å². The predicted molar refractivity (Wildman–Crippen MR) is 96.4 cm³/mol. The number of hydrogen-bond acceptors (Lipinski definition) is 5. The Bertz CT molecular complexity index is 808. The third-order valence-corrected chi connectivity index (χ3v) is 5.48. The summed E-state index contributed by atoms with van der Waals surface area (Å²) < 4.78 is 20.4. The molecule has 0 bridgehead atoms. The van der Waals surface area contributed by atoms with Crippen LogP contribution in [0.3, 0.4) is 0 Å². The Morgan fingerprint density at radius 2 is 1.96 bits per heavy atom. The molecule has 2 aromatic rings.